The number of carbonyl (C=O) groups is 3. The molecule has 1 aromatic rings. The highest BCUT2D eigenvalue weighted by atomic mass is 16.5. The van der Waals surface area contributed by atoms with E-state index in [0.29, 0.717) is 24.8 Å². The average molecular weight is 346 g/mol. The number of rotatable bonds is 4. The molecule has 0 saturated carbocycles. The quantitative estimate of drug-likeness (QED) is 0.742. The number of piperidine rings is 1. The highest BCUT2D eigenvalue weighted by Gasteiger charge is 2.33. The van der Waals surface area contributed by atoms with E-state index in [0.717, 1.165) is 23.4 Å². The molecule has 0 unspecified atom stereocenters. The number of nitrogens with zero attached hydrogens (tertiary/aromatic N) is 4. The number of aryl methyl sites for hydroxylation is 2. The second-order valence-corrected chi connectivity index (χ2v) is 6.49. The van der Waals surface area contributed by atoms with E-state index in [1.54, 1.807) is 17.9 Å². The fourth-order valence-corrected chi connectivity index (χ4v) is 3.21. The Hall–Kier alpha value is -2.51. The van der Waals surface area contributed by atoms with Crippen molar-refractivity contribution in [2.45, 2.75) is 45.6 Å². The van der Waals surface area contributed by atoms with Crippen LogP contribution in [0.1, 0.15) is 37.2 Å². The first-order valence-corrected chi connectivity index (χ1v) is 8.52. The molecule has 8 heteroatoms. The van der Waals surface area contributed by atoms with Gasteiger partial charge in [0.25, 0.3) is 0 Å². The second-order valence-electron chi connectivity index (χ2n) is 6.49. The Morgan fingerprint density at radius 1 is 1.24 bits per heavy atom. The van der Waals surface area contributed by atoms with E-state index in [1.807, 2.05) is 6.92 Å². The summed E-state index contributed by atoms with van der Waals surface area (Å²) in [5, 5.41) is 0. The van der Waals surface area contributed by atoms with Gasteiger partial charge in [0.2, 0.25) is 23.6 Å². The van der Waals surface area contributed by atoms with E-state index >= 15 is 0 Å². The Morgan fingerprint density at radius 3 is 2.64 bits per heavy atom. The molecule has 1 aromatic heterocycles. The molecular weight excluding hydrogens is 324 g/mol. The molecule has 0 aliphatic carbocycles. The monoisotopic (exact) mass is 346 g/mol. The van der Waals surface area contributed by atoms with E-state index in [9.17, 15) is 14.4 Å². The van der Waals surface area contributed by atoms with Crippen molar-refractivity contribution in [3.8, 4) is 5.88 Å². The number of amides is 3. The van der Waals surface area contributed by atoms with Crippen LogP contribution < -0.4 is 4.74 Å². The van der Waals surface area contributed by atoms with Crippen LogP contribution in [-0.4, -0.2) is 63.2 Å². The normalized spacial score (nSPS) is 21.0. The number of carbonyl (C=O) groups excluding carboxylic acids is 3. The van der Waals surface area contributed by atoms with Crippen LogP contribution in [0.25, 0.3) is 0 Å². The largest absolute Gasteiger partial charge is 0.472 e. The van der Waals surface area contributed by atoms with Crippen LogP contribution in [-0.2, 0) is 14.4 Å². The highest BCUT2D eigenvalue weighted by Crippen LogP contribution is 2.19. The Labute approximate surface area is 146 Å². The zero-order valence-corrected chi connectivity index (χ0v) is 14.5. The van der Waals surface area contributed by atoms with Crippen LogP contribution in [0.4, 0.5) is 0 Å². The minimum Gasteiger partial charge on any atom is -0.472 e. The second kappa shape index (κ2) is 7.16. The van der Waals surface area contributed by atoms with Gasteiger partial charge in [0.15, 0.2) is 0 Å². The van der Waals surface area contributed by atoms with Crippen molar-refractivity contribution in [1.29, 1.82) is 0 Å². The molecule has 0 aromatic carbocycles. The third-order valence-corrected chi connectivity index (χ3v) is 4.41. The van der Waals surface area contributed by atoms with Crippen molar-refractivity contribution in [3.63, 3.8) is 0 Å². The minimum absolute atomic E-state index is 0.156. The summed E-state index contributed by atoms with van der Waals surface area (Å²) < 4.78 is 5.92. The first-order chi connectivity index (χ1) is 11.9. The summed E-state index contributed by atoms with van der Waals surface area (Å²) in [6.07, 6.45) is 1.87. The van der Waals surface area contributed by atoms with E-state index in [1.165, 1.54) is 0 Å². The zero-order chi connectivity index (χ0) is 18.0. The lowest BCUT2D eigenvalue weighted by molar-refractivity contribution is -0.146. The Balaban J connectivity index is 1.59. The molecule has 3 amide bonds. The van der Waals surface area contributed by atoms with Gasteiger partial charge in [-0.15, -0.1) is 0 Å². The van der Waals surface area contributed by atoms with Crippen molar-refractivity contribution in [2.75, 3.05) is 19.6 Å². The fraction of sp³-hybridized carbons (Fsp3) is 0.588. The first kappa shape index (κ1) is 17.3. The molecule has 0 spiro atoms. The molecule has 25 heavy (non-hydrogen) atoms. The molecule has 1 atom stereocenters. The topological polar surface area (TPSA) is 92.7 Å². The maximum atomic E-state index is 12.5. The van der Waals surface area contributed by atoms with Gasteiger partial charge in [-0.2, -0.15) is 4.98 Å². The molecule has 2 saturated heterocycles. The van der Waals surface area contributed by atoms with E-state index in [2.05, 4.69) is 9.97 Å². The number of hydrogen-bond acceptors (Lipinski definition) is 6. The molecule has 3 heterocycles. The number of likely N-dealkylation sites (tertiary alicyclic amines) is 2. The van der Waals surface area contributed by atoms with Crippen LogP contribution in [0.15, 0.2) is 6.07 Å². The van der Waals surface area contributed by atoms with Crippen molar-refractivity contribution in [1.82, 2.24) is 19.8 Å². The van der Waals surface area contributed by atoms with Gasteiger partial charge >= 0.3 is 0 Å². The van der Waals surface area contributed by atoms with Gasteiger partial charge in [0.05, 0.1) is 6.54 Å². The molecule has 3 rings (SSSR count). The average Bonchev–Trinajstić information content (AvgIpc) is 2.86. The minimum atomic E-state index is -0.268. The smallest absolute Gasteiger partial charge is 0.242 e. The Bertz CT molecular complexity index is 670. The van der Waals surface area contributed by atoms with Crippen LogP contribution in [0.2, 0.25) is 0 Å². The van der Waals surface area contributed by atoms with Gasteiger partial charge in [0.1, 0.15) is 18.5 Å². The van der Waals surface area contributed by atoms with Gasteiger partial charge < -0.3 is 9.64 Å². The van der Waals surface area contributed by atoms with Gasteiger partial charge in [0, 0.05) is 31.1 Å². The Kier molecular flexibility index (Phi) is 4.96. The summed E-state index contributed by atoms with van der Waals surface area (Å²) in [6, 6.07) is 1.77. The van der Waals surface area contributed by atoms with E-state index in [-0.39, 0.29) is 43.2 Å². The Morgan fingerprint density at radius 2 is 1.96 bits per heavy atom. The molecule has 2 aliphatic heterocycles. The lowest BCUT2D eigenvalue weighted by Crippen LogP contribution is -2.48. The fourth-order valence-electron chi connectivity index (χ4n) is 3.21. The lowest BCUT2D eigenvalue weighted by atomic mass is 10.1. The van der Waals surface area contributed by atoms with Crippen molar-refractivity contribution >= 4 is 17.7 Å². The molecular formula is C17H22N4O4. The van der Waals surface area contributed by atoms with E-state index in [4.69, 9.17) is 4.74 Å². The van der Waals surface area contributed by atoms with Crippen LogP contribution in [0.3, 0.4) is 0 Å². The lowest BCUT2D eigenvalue weighted by Gasteiger charge is -2.33. The summed E-state index contributed by atoms with van der Waals surface area (Å²) in [6.45, 7) is 4.55. The van der Waals surface area contributed by atoms with Crippen LogP contribution in [0, 0.1) is 13.8 Å². The van der Waals surface area contributed by atoms with Crippen molar-refractivity contribution in [2.24, 2.45) is 0 Å². The van der Waals surface area contributed by atoms with Gasteiger partial charge in [-0.25, -0.2) is 4.98 Å². The summed E-state index contributed by atoms with van der Waals surface area (Å²) in [7, 11) is 0. The maximum absolute atomic E-state index is 12.5. The predicted octanol–water partition coefficient (Wildman–Crippen LogP) is 0.612. The number of ether oxygens (including phenoxy) is 1. The van der Waals surface area contributed by atoms with Gasteiger partial charge in [-0.05, 0) is 26.7 Å². The number of hydrogen-bond donors (Lipinski definition) is 0. The maximum Gasteiger partial charge on any atom is 0.242 e. The third kappa shape index (κ3) is 4.12. The molecule has 8 nitrogen and oxygen atoms in total. The highest BCUT2D eigenvalue weighted by molar-refractivity contribution is 6.04. The standard InChI is InChI=1S/C17H22N4O4/c1-11-8-14(19-12(2)18-11)25-13-4-3-7-20(9-13)17(24)10-21-15(22)5-6-16(21)23/h8,13H,3-7,9-10H2,1-2H3/t13-/m0/s1. The third-order valence-electron chi connectivity index (χ3n) is 4.41. The van der Waals surface area contributed by atoms with Crippen molar-refractivity contribution < 1.29 is 19.1 Å². The first-order valence-electron chi connectivity index (χ1n) is 8.52. The molecule has 2 aliphatic rings. The van der Waals surface area contributed by atoms with Crippen molar-refractivity contribution in [3.05, 3.63) is 17.6 Å². The van der Waals surface area contributed by atoms with Crippen LogP contribution >= 0.6 is 0 Å². The van der Waals surface area contributed by atoms with Gasteiger partial charge in [-0.3, -0.25) is 19.3 Å². The number of aromatic nitrogens is 2. The van der Waals surface area contributed by atoms with E-state index < -0.39 is 0 Å². The summed E-state index contributed by atoms with van der Waals surface area (Å²) in [5.74, 6) is 0.399. The molecule has 0 bridgehead atoms. The SMILES string of the molecule is Cc1cc(O[C@H]2CCCN(C(=O)CN3C(=O)CCC3=O)C2)nc(C)n1. The molecule has 134 valence electrons. The molecule has 0 radical (unpaired) electrons. The van der Waals surface area contributed by atoms with Crippen LogP contribution in [0.5, 0.6) is 5.88 Å². The summed E-state index contributed by atoms with van der Waals surface area (Å²) >= 11 is 0. The predicted molar refractivity (Wildman–Crippen MR) is 87.7 cm³/mol. The summed E-state index contributed by atoms with van der Waals surface area (Å²) in [4.78, 5) is 47.0. The summed E-state index contributed by atoms with van der Waals surface area (Å²) in [5.41, 5.74) is 0.831. The molecule has 0 N–H and O–H groups in total. The number of imide groups is 1. The zero-order valence-electron chi connectivity index (χ0n) is 14.5. The molecule has 2 fully saturated rings. The van der Waals surface area contributed by atoms with Gasteiger partial charge in [-0.1, -0.05) is 0 Å².